The topological polar surface area (TPSA) is 205 Å². The summed E-state index contributed by atoms with van der Waals surface area (Å²) in [6.45, 7) is 9.74. The van der Waals surface area contributed by atoms with Crippen LogP contribution < -0.4 is 21.7 Å². The number of urea groups is 1. The molecule has 1 aromatic rings. The molecule has 1 saturated heterocycles. The van der Waals surface area contributed by atoms with Gasteiger partial charge >= 0.3 is 6.03 Å². The number of hydrogen-bond donors (Lipinski definition) is 5. The number of aromatic hydroxyl groups is 1. The molecule has 0 aromatic heterocycles. The second-order valence-electron chi connectivity index (χ2n) is 16.4. The second-order valence-corrected chi connectivity index (χ2v) is 18.3. The summed E-state index contributed by atoms with van der Waals surface area (Å²) in [4.78, 5) is 68.0. The van der Waals surface area contributed by atoms with Crippen molar-refractivity contribution in [2.24, 2.45) is 34.3 Å². The number of benzene rings is 1. The van der Waals surface area contributed by atoms with Crippen molar-refractivity contribution in [3.63, 3.8) is 0 Å². The Labute approximate surface area is 288 Å². The van der Waals surface area contributed by atoms with Gasteiger partial charge < -0.3 is 31.7 Å². The average molecular weight is 702 g/mol. The van der Waals surface area contributed by atoms with Crippen LogP contribution in [0, 0.1) is 28.6 Å². The fraction of sp³-hybridized carbons (Fsp3) is 0.686. The van der Waals surface area contributed by atoms with E-state index in [1.807, 2.05) is 13.8 Å². The number of fused-ring (bicyclic) bond motifs is 1. The van der Waals surface area contributed by atoms with Gasteiger partial charge in [0.2, 0.25) is 17.6 Å². The van der Waals surface area contributed by atoms with Gasteiger partial charge in [-0.3, -0.25) is 19.2 Å². The van der Waals surface area contributed by atoms with Crippen molar-refractivity contribution in [3.05, 3.63) is 24.3 Å². The number of phenolic OH excluding ortho intramolecular Hbond substituents is 1. The van der Waals surface area contributed by atoms with Gasteiger partial charge in [0.05, 0.1) is 22.2 Å². The van der Waals surface area contributed by atoms with E-state index in [9.17, 15) is 37.5 Å². The summed E-state index contributed by atoms with van der Waals surface area (Å²) in [6.07, 6.45) is 5.26. The first kappa shape index (κ1) is 36.6. The minimum Gasteiger partial charge on any atom is -0.508 e. The molecule has 1 aliphatic heterocycles. The summed E-state index contributed by atoms with van der Waals surface area (Å²) in [5.74, 6) is -3.45. The van der Waals surface area contributed by atoms with E-state index in [2.05, 4.69) is 16.0 Å². The number of amides is 5. The predicted octanol–water partition coefficient (Wildman–Crippen LogP) is 2.41. The third-order valence-electron chi connectivity index (χ3n) is 11.1. The number of ketones is 1. The Kier molecular flexibility index (Phi) is 9.87. The molecule has 14 heteroatoms. The van der Waals surface area contributed by atoms with Gasteiger partial charge in [0.1, 0.15) is 17.8 Å². The Balaban J connectivity index is 1.35. The number of Topliss-reactive ketones (excluding diaryl/α,β-unsaturated/α-hetero) is 1. The molecule has 5 rings (SSSR count). The number of rotatable bonds is 12. The molecular weight excluding hydrogens is 650 g/mol. The fourth-order valence-corrected chi connectivity index (χ4v) is 9.88. The molecule has 3 saturated carbocycles. The molecule has 4 aliphatic rings. The van der Waals surface area contributed by atoms with Crippen molar-refractivity contribution < 1.29 is 37.5 Å². The molecule has 5 amide bonds. The molecule has 1 heterocycles. The maximum atomic E-state index is 14.4. The zero-order chi connectivity index (χ0) is 36.1. The quantitative estimate of drug-likeness (QED) is 0.204. The highest BCUT2D eigenvalue weighted by Gasteiger charge is 2.70. The van der Waals surface area contributed by atoms with Crippen LogP contribution in [0.1, 0.15) is 86.0 Å². The summed E-state index contributed by atoms with van der Waals surface area (Å²) in [6, 6.07) is 1.68. The van der Waals surface area contributed by atoms with Gasteiger partial charge in [0.15, 0.2) is 9.84 Å². The normalized spacial score (nSPS) is 25.3. The standard InChI is InChI=1S/C35H51N5O8S/c1-33(2,3)28(38-32(46)39-35(14-7-6-8-15-35)19-49(47,48)22-11-9-10-21(41)17-22)31(45)40-18-23-25(34(23,4)5)26(40)30(44)37-24(16-20-12-13-20)27(42)29(36)43/h9-11,17,20,23-26,28,41H,6-8,12-16,18-19H2,1-5H3,(H2,36,43)(H,37,44)(H2,38,39,46)/t23?,24?,25?,26-,28+/m0/s1. The van der Waals surface area contributed by atoms with Crippen LogP contribution >= 0.6 is 0 Å². The molecule has 0 bridgehead atoms. The van der Waals surface area contributed by atoms with Gasteiger partial charge in [0.25, 0.3) is 5.91 Å². The van der Waals surface area contributed by atoms with E-state index < -0.39 is 68.5 Å². The SMILES string of the molecule is CC1(C)C2CN(C(=O)[C@@H](NC(=O)NC3(CS(=O)(=O)c4cccc(O)c4)CCCCC3)C(C)(C)C)[C@H](C(=O)NC(CC3CC3)C(=O)C(N)=O)C21. The van der Waals surface area contributed by atoms with Gasteiger partial charge in [-0.05, 0) is 66.0 Å². The number of primary amides is 1. The first-order chi connectivity index (χ1) is 22.8. The van der Waals surface area contributed by atoms with Crippen molar-refractivity contribution in [2.45, 2.75) is 115 Å². The Morgan fingerprint density at radius 3 is 2.27 bits per heavy atom. The number of nitrogens with one attached hydrogen (secondary N) is 3. The number of nitrogens with two attached hydrogens (primary N) is 1. The van der Waals surface area contributed by atoms with Crippen molar-refractivity contribution in [3.8, 4) is 5.75 Å². The smallest absolute Gasteiger partial charge is 0.315 e. The van der Waals surface area contributed by atoms with Crippen LogP contribution in [0.25, 0.3) is 0 Å². The van der Waals surface area contributed by atoms with Gasteiger partial charge in [-0.25, -0.2) is 13.2 Å². The third-order valence-corrected chi connectivity index (χ3v) is 13.0. The van der Waals surface area contributed by atoms with E-state index in [1.54, 1.807) is 20.8 Å². The molecule has 3 aliphatic carbocycles. The zero-order valence-corrected chi connectivity index (χ0v) is 29.9. The third kappa shape index (κ3) is 7.89. The first-order valence-electron chi connectivity index (χ1n) is 17.3. The van der Waals surface area contributed by atoms with Crippen molar-refractivity contribution in [2.75, 3.05) is 12.3 Å². The summed E-state index contributed by atoms with van der Waals surface area (Å²) < 4.78 is 27.0. The molecule has 270 valence electrons. The highest BCUT2D eigenvalue weighted by atomic mass is 32.2. The molecule has 0 spiro atoms. The van der Waals surface area contributed by atoms with E-state index in [0.717, 1.165) is 19.3 Å². The molecule has 3 unspecified atom stereocenters. The Hall–Kier alpha value is -3.68. The minimum absolute atomic E-state index is 0.0310. The molecule has 13 nitrogen and oxygen atoms in total. The number of hydrogen-bond acceptors (Lipinski definition) is 8. The molecule has 4 fully saturated rings. The van der Waals surface area contributed by atoms with Gasteiger partial charge in [0, 0.05) is 6.54 Å². The maximum Gasteiger partial charge on any atom is 0.315 e. The lowest BCUT2D eigenvalue weighted by Crippen LogP contribution is -2.63. The molecule has 1 aromatic carbocycles. The fourth-order valence-electron chi connectivity index (χ4n) is 8.04. The number of piperidine rings is 1. The Morgan fingerprint density at radius 2 is 1.69 bits per heavy atom. The highest BCUT2D eigenvalue weighted by Crippen LogP contribution is 2.65. The molecule has 6 N–H and O–H groups in total. The van der Waals surface area contributed by atoms with E-state index in [0.29, 0.717) is 32.1 Å². The van der Waals surface area contributed by atoms with Crippen LogP contribution in [0.3, 0.4) is 0 Å². The molecule has 0 radical (unpaired) electrons. The Bertz CT molecular complexity index is 1610. The van der Waals surface area contributed by atoms with Crippen LogP contribution in [0.5, 0.6) is 5.75 Å². The summed E-state index contributed by atoms with van der Waals surface area (Å²) in [5, 5.41) is 18.4. The highest BCUT2D eigenvalue weighted by molar-refractivity contribution is 7.91. The van der Waals surface area contributed by atoms with E-state index in [1.165, 1.54) is 29.2 Å². The van der Waals surface area contributed by atoms with E-state index >= 15 is 0 Å². The second kappa shape index (κ2) is 13.2. The van der Waals surface area contributed by atoms with Gasteiger partial charge in [-0.1, -0.05) is 72.8 Å². The number of likely N-dealkylation sites (tertiary alicyclic amines) is 1. The Morgan fingerprint density at radius 1 is 1.04 bits per heavy atom. The lowest BCUT2D eigenvalue weighted by atomic mass is 9.83. The van der Waals surface area contributed by atoms with Crippen LogP contribution in [-0.2, 0) is 29.0 Å². The molecular formula is C35H51N5O8S. The lowest BCUT2D eigenvalue weighted by molar-refractivity contribution is -0.145. The predicted molar refractivity (Wildman–Crippen MR) is 181 cm³/mol. The maximum absolute atomic E-state index is 14.4. The van der Waals surface area contributed by atoms with Crippen LogP contribution in [0.4, 0.5) is 4.79 Å². The number of nitrogens with zero attached hydrogens (tertiary/aromatic N) is 1. The van der Waals surface area contributed by atoms with Gasteiger partial charge in [-0.2, -0.15) is 0 Å². The lowest BCUT2D eigenvalue weighted by Gasteiger charge is -2.40. The number of carbonyl (C=O) groups excluding carboxylic acids is 5. The number of carbonyl (C=O) groups is 5. The number of sulfone groups is 1. The van der Waals surface area contributed by atoms with Crippen molar-refractivity contribution in [1.29, 1.82) is 0 Å². The van der Waals surface area contributed by atoms with Crippen LogP contribution in [0.2, 0.25) is 0 Å². The van der Waals surface area contributed by atoms with Crippen LogP contribution in [0.15, 0.2) is 29.2 Å². The molecule has 5 atom stereocenters. The van der Waals surface area contributed by atoms with E-state index in [-0.39, 0.29) is 46.1 Å². The van der Waals surface area contributed by atoms with E-state index in [4.69, 9.17) is 5.73 Å². The van der Waals surface area contributed by atoms with Crippen molar-refractivity contribution >= 4 is 39.4 Å². The zero-order valence-electron chi connectivity index (χ0n) is 29.1. The summed E-state index contributed by atoms with van der Waals surface area (Å²) in [5.41, 5.74) is 3.18. The monoisotopic (exact) mass is 701 g/mol. The minimum atomic E-state index is -3.90. The summed E-state index contributed by atoms with van der Waals surface area (Å²) >= 11 is 0. The number of phenols is 1. The average Bonchev–Trinajstić information content (AvgIpc) is 3.85. The van der Waals surface area contributed by atoms with Crippen LogP contribution in [-0.4, -0.2) is 83.9 Å². The first-order valence-corrected chi connectivity index (χ1v) is 19.0. The largest absolute Gasteiger partial charge is 0.508 e. The van der Waals surface area contributed by atoms with Gasteiger partial charge in [-0.15, -0.1) is 0 Å². The molecule has 49 heavy (non-hydrogen) atoms. The summed E-state index contributed by atoms with van der Waals surface area (Å²) in [7, 11) is -3.90. The van der Waals surface area contributed by atoms with Crippen molar-refractivity contribution in [1.82, 2.24) is 20.9 Å².